The Balaban J connectivity index is 1.61. The van der Waals surface area contributed by atoms with E-state index in [1.54, 1.807) is 6.20 Å². The van der Waals surface area contributed by atoms with E-state index in [2.05, 4.69) is 15.3 Å². The molecule has 1 N–H and O–H groups in total. The van der Waals surface area contributed by atoms with Crippen molar-refractivity contribution in [3.8, 4) is 0 Å². The van der Waals surface area contributed by atoms with Crippen molar-refractivity contribution in [2.24, 2.45) is 7.05 Å². The summed E-state index contributed by atoms with van der Waals surface area (Å²) in [6, 6.07) is 13.6. The van der Waals surface area contributed by atoms with E-state index in [4.69, 9.17) is 0 Å². The molecule has 0 aliphatic carbocycles. The molecule has 118 valence electrons. The van der Waals surface area contributed by atoms with Crippen molar-refractivity contribution in [1.82, 2.24) is 19.9 Å². The van der Waals surface area contributed by atoms with Gasteiger partial charge in [0.2, 0.25) is 5.91 Å². The molecular formula is C18H20N4O. The van der Waals surface area contributed by atoms with Crippen LogP contribution < -0.4 is 5.32 Å². The molecule has 1 aromatic carbocycles. The van der Waals surface area contributed by atoms with Crippen LogP contribution in [-0.2, 0) is 18.3 Å². The van der Waals surface area contributed by atoms with Crippen molar-refractivity contribution in [3.05, 3.63) is 60.2 Å². The fourth-order valence-electron chi connectivity index (χ4n) is 2.66. The van der Waals surface area contributed by atoms with Gasteiger partial charge in [-0.1, -0.05) is 18.2 Å². The molecule has 1 amide bonds. The van der Waals surface area contributed by atoms with Crippen LogP contribution in [0, 0.1) is 0 Å². The molecule has 0 saturated heterocycles. The second kappa shape index (κ2) is 6.60. The van der Waals surface area contributed by atoms with E-state index in [0.717, 1.165) is 22.6 Å². The minimum absolute atomic E-state index is 0.00945. The minimum atomic E-state index is -0.0934. The Bertz CT molecular complexity index is 810. The quantitative estimate of drug-likeness (QED) is 0.788. The highest BCUT2D eigenvalue weighted by Crippen LogP contribution is 2.15. The van der Waals surface area contributed by atoms with Crippen molar-refractivity contribution < 1.29 is 4.79 Å². The number of nitrogens with one attached hydrogen (secondary N) is 1. The molecule has 0 aliphatic heterocycles. The standard InChI is InChI=1S/C18H20N4O/c1-13(14-7-5-6-12-19-14)20-18(23)11-10-17-21-15-8-3-4-9-16(15)22(17)2/h3-9,12-13H,10-11H2,1-2H3,(H,20,23)/t13-/m0/s1. The molecule has 0 fully saturated rings. The van der Waals surface area contributed by atoms with Crippen LogP contribution in [-0.4, -0.2) is 20.4 Å². The fourth-order valence-corrected chi connectivity index (χ4v) is 2.66. The monoisotopic (exact) mass is 308 g/mol. The van der Waals surface area contributed by atoms with Crippen molar-refractivity contribution in [3.63, 3.8) is 0 Å². The molecule has 3 rings (SSSR count). The third-order valence-electron chi connectivity index (χ3n) is 3.96. The zero-order valence-electron chi connectivity index (χ0n) is 13.4. The summed E-state index contributed by atoms with van der Waals surface area (Å²) in [4.78, 5) is 21.0. The third-order valence-corrected chi connectivity index (χ3v) is 3.96. The summed E-state index contributed by atoms with van der Waals surface area (Å²) in [7, 11) is 1.99. The van der Waals surface area contributed by atoms with Gasteiger partial charge in [-0.05, 0) is 31.2 Å². The summed E-state index contributed by atoms with van der Waals surface area (Å²) >= 11 is 0. The summed E-state index contributed by atoms with van der Waals surface area (Å²) in [6.07, 6.45) is 2.76. The fraction of sp³-hybridized carbons (Fsp3) is 0.278. The number of nitrogens with zero attached hydrogens (tertiary/aromatic N) is 3. The van der Waals surface area contributed by atoms with Crippen molar-refractivity contribution in [2.45, 2.75) is 25.8 Å². The van der Waals surface area contributed by atoms with Crippen LogP contribution in [0.2, 0.25) is 0 Å². The van der Waals surface area contributed by atoms with Gasteiger partial charge in [0.25, 0.3) is 0 Å². The zero-order chi connectivity index (χ0) is 16.2. The summed E-state index contributed by atoms with van der Waals surface area (Å²) in [5, 5.41) is 2.98. The van der Waals surface area contributed by atoms with E-state index in [1.165, 1.54) is 0 Å². The van der Waals surface area contributed by atoms with Gasteiger partial charge in [-0.25, -0.2) is 4.98 Å². The molecule has 0 unspecified atom stereocenters. The van der Waals surface area contributed by atoms with Gasteiger partial charge in [0.05, 0.1) is 22.8 Å². The normalized spacial score (nSPS) is 12.3. The van der Waals surface area contributed by atoms with E-state index in [9.17, 15) is 4.79 Å². The number of fused-ring (bicyclic) bond motifs is 1. The van der Waals surface area contributed by atoms with Crippen molar-refractivity contribution >= 4 is 16.9 Å². The summed E-state index contributed by atoms with van der Waals surface area (Å²) in [5.41, 5.74) is 2.92. The van der Waals surface area contributed by atoms with Crippen LogP contribution in [0.1, 0.15) is 30.9 Å². The lowest BCUT2D eigenvalue weighted by molar-refractivity contribution is -0.121. The number of rotatable bonds is 5. The highest BCUT2D eigenvalue weighted by atomic mass is 16.1. The SMILES string of the molecule is C[C@H](NC(=O)CCc1nc2ccccc2n1C)c1ccccn1. The lowest BCUT2D eigenvalue weighted by Crippen LogP contribution is -2.27. The molecular weight excluding hydrogens is 288 g/mol. The molecule has 0 spiro atoms. The summed E-state index contributed by atoms with van der Waals surface area (Å²) < 4.78 is 2.05. The number of para-hydroxylation sites is 2. The molecule has 0 radical (unpaired) electrons. The number of pyridine rings is 1. The number of carbonyl (C=O) groups is 1. The molecule has 1 atom stereocenters. The lowest BCUT2D eigenvalue weighted by atomic mass is 10.2. The summed E-state index contributed by atoms with van der Waals surface area (Å²) in [5.74, 6) is 0.932. The Kier molecular flexibility index (Phi) is 4.37. The Morgan fingerprint density at radius 1 is 1.22 bits per heavy atom. The predicted octanol–water partition coefficient (Wildman–Crippen LogP) is 2.78. The first kappa shape index (κ1) is 15.2. The Labute approximate surface area is 135 Å². The molecule has 0 saturated carbocycles. The van der Waals surface area contributed by atoms with Crippen molar-refractivity contribution in [1.29, 1.82) is 0 Å². The van der Waals surface area contributed by atoms with Gasteiger partial charge in [0.1, 0.15) is 5.82 Å². The van der Waals surface area contributed by atoms with Crippen molar-refractivity contribution in [2.75, 3.05) is 0 Å². The van der Waals surface area contributed by atoms with Gasteiger partial charge in [-0.2, -0.15) is 0 Å². The number of benzene rings is 1. The number of aryl methyl sites for hydroxylation is 2. The maximum atomic E-state index is 12.2. The average Bonchev–Trinajstić information content (AvgIpc) is 2.90. The maximum Gasteiger partial charge on any atom is 0.220 e. The van der Waals surface area contributed by atoms with Gasteiger partial charge >= 0.3 is 0 Å². The van der Waals surface area contributed by atoms with Gasteiger partial charge in [-0.15, -0.1) is 0 Å². The molecule has 5 nitrogen and oxygen atoms in total. The number of amides is 1. The van der Waals surface area contributed by atoms with E-state index in [0.29, 0.717) is 12.8 Å². The first-order chi connectivity index (χ1) is 11.1. The molecule has 2 aromatic heterocycles. The second-order valence-corrected chi connectivity index (χ2v) is 5.62. The minimum Gasteiger partial charge on any atom is -0.348 e. The largest absolute Gasteiger partial charge is 0.348 e. The van der Waals surface area contributed by atoms with Gasteiger partial charge in [-0.3, -0.25) is 9.78 Å². The number of hydrogen-bond acceptors (Lipinski definition) is 3. The first-order valence-corrected chi connectivity index (χ1v) is 7.76. The average molecular weight is 308 g/mol. The Hall–Kier alpha value is -2.69. The first-order valence-electron chi connectivity index (χ1n) is 7.76. The van der Waals surface area contributed by atoms with E-state index in [1.807, 2.05) is 61.0 Å². The topological polar surface area (TPSA) is 59.8 Å². The Morgan fingerprint density at radius 2 is 2.00 bits per heavy atom. The van der Waals surface area contributed by atoms with Crippen LogP contribution in [0.5, 0.6) is 0 Å². The van der Waals surface area contributed by atoms with E-state index in [-0.39, 0.29) is 11.9 Å². The van der Waals surface area contributed by atoms with Crippen LogP contribution >= 0.6 is 0 Å². The molecule has 3 aromatic rings. The highest BCUT2D eigenvalue weighted by Gasteiger charge is 2.12. The second-order valence-electron chi connectivity index (χ2n) is 5.62. The van der Waals surface area contributed by atoms with Crippen LogP contribution in [0.3, 0.4) is 0 Å². The van der Waals surface area contributed by atoms with Crippen LogP contribution in [0.4, 0.5) is 0 Å². The number of carbonyl (C=O) groups excluding carboxylic acids is 1. The maximum absolute atomic E-state index is 12.2. The van der Waals surface area contributed by atoms with Gasteiger partial charge in [0.15, 0.2) is 0 Å². The molecule has 2 heterocycles. The highest BCUT2D eigenvalue weighted by molar-refractivity contribution is 5.78. The lowest BCUT2D eigenvalue weighted by Gasteiger charge is -2.13. The van der Waals surface area contributed by atoms with Gasteiger partial charge < -0.3 is 9.88 Å². The molecule has 0 bridgehead atoms. The number of imidazole rings is 1. The molecule has 0 aliphatic rings. The van der Waals surface area contributed by atoms with Gasteiger partial charge in [0, 0.05) is 26.1 Å². The summed E-state index contributed by atoms with van der Waals surface area (Å²) in [6.45, 7) is 1.94. The van der Waals surface area contributed by atoms with Crippen LogP contribution in [0.15, 0.2) is 48.7 Å². The van der Waals surface area contributed by atoms with E-state index >= 15 is 0 Å². The number of aromatic nitrogens is 3. The third kappa shape index (κ3) is 3.39. The zero-order valence-corrected chi connectivity index (χ0v) is 13.4. The smallest absolute Gasteiger partial charge is 0.220 e. The molecule has 5 heteroatoms. The van der Waals surface area contributed by atoms with Crippen LogP contribution in [0.25, 0.3) is 11.0 Å². The van der Waals surface area contributed by atoms with E-state index < -0.39 is 0 Å². The molecule has 23 heavy (non-hydrogen) atoms. The number of hydrogen-bond donors (Lipinski definition) is 1. The Morgan fingerprint density at radius 3 is 2.74 bits per heavy atom. The predicted molar refractivity (Wildman–Crippen MR) is 89.8 cm³/mol.